The third-order valence-corrected chi connectivity index (χ3v) is 12.7. The number of esters is 1. The van der Waals surface area contributed by atoms with E-state index in [-0.39, 0.29) is 24.9 Å². The number of ether oxygens (including phenoxy) is 1. The monoisotopic (exact) mass is 971 g/mol. The summed E-state index contributed by atoms with van der Waals surface area (Å²) in [4.78, 5) is 39.7. The molecule has 10 heteroatoms. The van der Waals surface area contributed by atoms with Crippen LogP contribution in [0, 0.1) is 0 Å². The van der Waals surface area contributed by atoms with Crippen LogP contribution in [-0.2, 0) is 27.9 Å². The summed E-state index contributed by atoms with van der Waals surface area (Å²) in [6.07, 6.45) is 61.1. The fourth-order valence-corrected chi connectivity index (χ4v) is 8.22. The second-order valence-electron chi connectivity index (χ2n) is 19.5. The SMILES string of the molecule is CC\C=C/C=C/C=C/C=C\C=C\C=C\CCCCCC(=O)OC(/C=C/CCCCCCCCCCC)C(COP(=O)([O-])OCC[N+](C)(C)C)NC(=O)CCCCCCCCCCCCCCCC. The maximum atomic E-state index is 13.4. The second-order valence-corrected chi connectivity index (χ2v) is 20.9. The summed E-state index contributed by atoms with van der Waals surface area (Å²) < 4.78 is 30.1. The van der Waals surface area contributed by atoms with Crippen LogP contribution in [0.15, 0.2) is 85.1 Å². The summed E-state index contributed by atoms with van der Waals surface area (Å²) in [7, 11) is 1.15. The number of nitrogens with zero attached hydrogens (tertiary/aromatic N) is 1. The van der Waals surface area contributed by atoms with Crippen LogP contribution in [-0.4, -0.2) is 69.4 Å². The van der Waals surface area contributed by atoms with E-state index in [0.29, 0.717) is 23.9 Å². The van der Waals surface area contributed by atoms with Gasteiger partial charge in [-0.1, -0.05) is 241 Å². The Morgan fingerprint density at radius 1 is 0.529 bits per heavy atom. The Kier molecular flexibility index (Phi) is 45.9. The Morgan fingerprint density at radius 2 is 0.941 bits per heavy atom. The van der Waals surface area contributed by atoms with Crippen molar-refractivity contribution < 1.29 is 37.3 Å². The van der Waals surface area contributed by atoms with E-state index in [1.165, 1.54) is 116 Å². The maximum absolute atomic E-state index is 13.4. The summed E-state index contributed by atoms with van der Waals surface area (Å²) >= 11 is 0. The smallest absolute Gasteiger partial charge is 0.306 e. The van der Waals surface area contributed by atoms with Gasteiger partial charge in [-0.25, -0.2) is 0 Å². The van der Waals surface area contributed by atoms with Gasteiger partial charge in [0.1, 0.15) is 19.3 Å². The van der Waals surface area contributed by atoms with Gasteiger partial charge >= 0.3 is 5.97 Å². The first-order valence-electron chi connectivity index (χ1n) is 27.5. The quantitative estimate of drug-likeness (QED) is 0.0161. The van der Waals surface area contributed by atoms with Crippen molar-refractivity contribution in [2.45, 2.75) is 232 Å². The van der Waals surface area contributed by atoms with E-state index in [1.54, 1.807) is 0 Å². The Labute approximate surface area is 418 Å². The van der Waals surface area contributed by atoms with Crippen molar-refractivity contribution in [2.75, 3.05) is 40.9 Å². The number of nitrogens with one attached hydrogen (secondary N) is 1. The van der Waals surface area contributed by atoms with Gasteiger partial charge < -0.3 is 28.5 Å². The molecule has 0 aliphatic carbocycles. The lowest BCUT2D eigenvalue weighted by molar-refractivity contribution is -0.870. The summed E-state index contributed by atoms with van der Waals surface area (Å²) in [6.45, 7) is 6.64. The Bertz CT molecular complexity index is 1440. The Morgan fingerprint density at radius 3 is 1.43 bits per heavy atom. The van der Waals surface area contributed by atoms with E-state index in [1.807, 2.05) is 94.1 Å². The predicted molar refractivity (Wildman–Crippen MR) is 288 cm³/mol. The molecule has 9 nitrogen and oxygen atoms in total. The second kappa shape index (κ2) is 47.8. The van der Waals surface area contributed by atoms with Gasteiger partial charge in [0.15, 0.2) is 0 Å². The molecule has 3 atom stereocenters. The van der Waals surface area contributed by atoms with Gasteiger partial charge in [0.05, 0.1) is 33.8 Å². The molecular weight excluding hydrogens is 868 g/mol. The van der Waals surface area contributed by atoms with E-state index in [2.05, 4.69) is 38.2 Å². The summed E-state index contributed by atoms with van der Waals surface area (Å²) in [5, 5.41) is 3.00. The molecule has 0 aromatic heterocycles. The lowest BCUT2D eigenvalue weighted by Crippen LogP contribution is -2.47. The van der Waals surface area contributed by atoms with Gasteiger partial charge in [-0.2, -0.15) is 0 Å². The van der Waals surface area contributed by atoms with Crippen molar-refractivity contribution in [1.29, 1.82) is 0 Å². The zero-order valence-corrected chi connectivity index (χ0v) is 45.4. The molecule has 0 fully saturated rings. The minimum atomic E-state index is -4.70. The molecule has 0 aliphatic heterocycles. The van der Waals surface area contributed by atoms with Crippen molar-refractivity contribution in [3.8, 4) is 0 Å². The first kappa shape index (κ1) is 65.2. The average molecular weight is 971 g/mol. The van der Waals surface area contributed by atoms with Crippen LogP contribution in [0.4, 0.5) is 0 Å². The van der Waals surface area contributed by atoms with Gasteiger partial charge in [-0.3, -0.25) is 14.2 Å². The molecule has 0 spiro atoms. The fraction of sp³-hybridized carbons (Fsp3) is 0.724. The van der Waals surface area contributed by atoms with Crippen molar-refractivity contribution in [3.63, 3.8) is 0 Å². The number of quaternary nitrogens is 1. The lowest BCUT2D eigenvalue weighted by atomic mass is 10.0. The normalized spacial score (nSPS) is 14.5. The highest BCUT2D eigenvalue weighted by Gasteiger charge is 2.27. The van der Waals surface area contributed by atoms with Crippen LogP contribution in [0.2, 0.25) is 0 Å². The predicted octanol–water partition coefficient (Wildman–Crippen LogP) is 15.6. The van der Waals surface area contributed by atoms with Crippen molar-refractivity contribution in [2.24, 2.45) is 0 Å². The molecule has 1 N–H and O–H groups in total. The van der Waals surface area contributed by atoms with Gasteiger partial charge in [0, 0.05) is 12.8 Å². The van der Waals surface area contributed by atoms with E-state index in [4.69, 9.17) is 13.8 Å². The number of carbonyl (C=O) groups is 2. The molecule has 1 amide bonds. The molecule has 3 unspecified atom stereocenters. The number of phosphoric ester groups is 1. The van der Waals surface area contributed by atoms with Crippen molar-refractivity contribution in [3.05, 3.63) is 85.1 Å². The number of hydrogen-bond acceptors (Lipinski definition) is 7. The summed E-state index contributed by atoms with van der Waals surface area (Å²) in [5.41, 5.74) is 0. The van der Waals surface area contributed by atoms with Crippen LogP contribution in [0.1, 0.15) is 220 Å². The number of likely N-dealkylation sites (N-methyl/N-ethyl adjacent to an activating group) is 1. The number of phosphoric acid groups is 1. The van der Waals surface area contributed by atoms with Crippen LogP contribution in [0.3, 0.4) is 0 Å². The van der Waals surface area contributed by atoms with Gasteiger partial charge in [0.2, 0.25) is 5.91 Å². The van der Waals surface area contributed by atoms with E-state index >= 15 is 0 Å². The third-order valence-electron chi connectivity index (χ3n) is 11.8. The van der Waals surface area contributed by atoms with E-state index in [9.17, 15) is 19.0 Å². The Hall–Kier alpha value is -2.81. The van der Waals surface area contributed by atoms with Gasteiger partial charge in [-0.05, 0) is 51.0 Å². The third kappa shape index (κ3) is 48.2. The highest BCUT2D eigenvalue weighted by atomic mass is 31.2. The molecular formula is C58H103N2O7P. The minimum absolute atomic E-state index is 0.0326. The number of unbranched alkanes of at least 4 members (excludes halogenated alkanes) is 25. The molecule has 0 saturated carbocycles. The van der Waals surface area contributed by atoms with E-state index in [0.717, 1.165) is 64.2 Å². The van der Waals surface area contributed by atoms with Crippen molar-refractivity contribution >= 4 is 19.7 Å². The summed E-state index contributed by atoms with van der Waals surface area (Å²) in [6, 6.07) is -0.907. The molecule has 0 aromatic rings. The zero-order chi connectivity index (χ0) is 50.1. The molecule has 0 saturated heterocycles. The average Bonchev–Trinajstić information content (AvgIpc) is 3.29. The van der Waals surface area contributed by atoms with Crippen LogP contribution in [0.5, 0.6) is 0 Å². The topological polar surface area (TPSA) is 114 Å². The number of hydrogen-bond donors (Lipinski definition) is 1. The molecule has 0 aromatic carbocycles. The Balaban J connectivity index is 5.46. The number of allylic oxidation sites excluding steroid dienone is 13. The number of amides is 1. The fourth-order valence-electron chi connectivity index (χ4n) is 7.49. The first-order valence-corrected chi connectivity index (χ1v) is 28.9. The van der Waals surface area contributed by atoms with Crippen LogP contribution in [0.25, 0.3) is 0 Å². The molecule has 392 valence electrons. The molecule has 0 bridgehead atoms. The highest BCUT2D eigenvalue weighted by Crippen LogP contribution is 2.38. The number of carbonyl (C=O) groups excluding carboxylic acids is 2. The van der Waals surface area contributed by atoms with Crippen LogP contribution < -0.4 is 10.2 Å². The molecule has 0 rings (SSSR count). The minimum Gasteiger partial charge on any atom is -0.756 e. The molecule has 0 heterocycles. The maximum Gasteiger partial charge on any atom is 0.306 e. The van der Waals surface area contributed by atoms with Gasteiger partial charge in [0.25, 0.3) is 7.82 Å². The largest absolute Gasteiger partial charge is 0.756 e. The molecule has 0 aliphatic rings. The standard InChI is InChI=1S/C58H103N2O7P/c1-7-10-13-16-19-22-25-27-29-30-31-33-36-39-42-45-48-51-58(62)67-56(49-46-43-40-37-34-24-21-18-15-12-9-3)55(54-66-68(63,64)65-53-52-60(4,5)6)59-57(61)50-47-44-41-38-35-32-28-26-23-20-17-14-11-8-2/h10,13,16,19,22,25,27,29-31,33,36,46,49,55-56H,7-9,11-12,14-15,17-18,20-21,23-24,26,28,32,34-35,37-45,47-48,50-54H2,1-6H3,(H-,59,61,63,64)/b13-10-,19-16+,25-22+,29-27-,31-30+,36-33+,49-46+. The van der Waals surface area contributed by atoms with E-state index < -0.39 is 26.6 Å². The van der Waals surface area contributed by atoms with Crippen LogP contribution >= 0.6 is 7.82 Å². The first-order chi connectivity index (χ1) is 32.9. The van der Waals surface area contributed by atoms with Gasteiger partial charge in [-0.15, -0.1) is 0 Å². The molecule has 68 heavy (non-hydrogen) atoms. The highest BCUT2D eigenvalue weighted by molar-refractivity contribution is 7.45. The van der Waals surface area contributed by atoms with Crippen molar-refractivity contribution in [1.82, 2.24) is 5.32 Å². The lowest BCUT2D eigenvalue weighted by Gasteiger charge is -2.30. The zero-order valence-electron chi connectivity index (χ0n) is 44.5. The molecule has 0 radical (unpaired) electrons. The summed E-state index contributed by atoms with van der Waals surface area (Å²) in [5.74, 6) is -0.595. The number of rotatable bonds is 48.